The van der Waals surface area contributed by atoms with Crippen LogP contribution in [0.2, 0.25) is 0 Å². The zero-order valence-electron chi connectivity index (χ0n) is 51.9. The fourth-order valence-electron chi connectivity index (χ4n) is 9.28. The van der Waals surface area contributed by atoms with Crippen LogP contribution in [0.15, 0.2) is 109 Å². The molecule has 0 rings (SSSR count). The number of hydrogen-bond donors (Lipinski definition) is 0. The van der Waals surface area contributed by atoms with Crippen molar-refractivity contribution in [1.29, 1.82) is 0 Å². The lowest BCUT2D eigenvalue weighted by atomic mass is 10.0. The van der Waals surface area contributed by atoms with Crippen LogP contribution < -0.4 is 0 Å². The Labute approximate surface area is 489 Å². The summed E-state index contributed by atoms with van der Waals surface area (Å²) in [5.41, 5.74) is 0. The summed E-state index contributed by atoms with van der Waals surface area (Å²) in [6, 6.07) is 0. The molecule has 0 aromatic carbocycles. The van der Waals surface area contributed by atoms with Crippen LogP contribution in [0, 0.1) is 0 Å². The normalized spacial score (nSPS) is 12.8. The number of rotatable bonds is 60. The predicted octanol–water partition coefficient (Wildman–Crippen LogP) is 23.0. The van der Waals surface area contributed by atoms with Gasteiger partial charge in [-0.25, -0.2) is 0 Å². The highest BCUT2D eigenvalue weighted by atomic mass is 16.6. The SMILES string of the molecule is CC/C=C\C/C=C\C/C=C\C/C=C\C/C=C\C/C=C\C/C=C\CCCCCCCCCCCC(=O)OCC(COC(=O)CCCCCCC)OC(=O)CCCCCCCCCCCCCCC/C=C\C/C=C\CCCCCCC. The van der Waals surface area contributed by atoms with Crippen molar-refractivity contribution in [2.45, 2.75) is 322 Å². The molecule has 0 saturated heterocycles. The molecular weight excluding hydrogens is 973 g/mol. The smallest absolute Gasteiger partial charge is 0.306 e. The molecular formula is C73H124O6. The third-order valence-corrected chi connectivity index (χ3v) is 14.3. The molecule has 79 heavy (non-hydrogen) atoms. The van der Waals surface area contributed by atoms with E-state index in [1.807, 2.05) is 0 Å². The zero-order valence-corrected chi connectivity index (χ0v) is 51.9. The first-order valence-corrected chi connectivity index (χ1v) is 33.4. The molecule has 6 heteroatoms. The average molecular weight is 1100 g/mol. The summed E-state index contributed by atoms with van der Waals surface area (Å²) >= 11 is 0. The lowest BCUT2D eigenvalue weighted by molar-refractivity contribution is -0.167. The molecule has 0 saturated carbocycles. The second kappa shape index (κ2) is 66.6. The van der Waals surface area contributed by atoms with E-state index in [0.717, 1.165) is 122 Å². The van der Waals surface area contributed by atoms with Crippen LogP contribution in [0.3, 0.4) is 0 Å². The van der Waals surface area contributed by atoms with Gasteiger partial charge in [0.25, 0.3) is 0 Å². The standard InChI is InChI=1S/C73H124O6/c1-4-7-10-13-15-17-19-21-23-25-27-29-31-33-34-35-36-37-38-40-41-43-45-47-49-51-53-55-57-60-63-66-72(75)78-69-70(68-77-71(74)65-62-59-12-9-6-3)79-73(76)67-64-61-58-56-54-52-50-48-46-44-42-39-32-30-28-26-24-22-20-18-16-14-11-8-5-2/h7,10,15,17,20-23,26-29,33-34,36-37,40-41,70H,4-6,8-9,11-14,16,18-19,24-25,30-32,35,38-39,42-69H2,1-3H3/b10-7-,17-15-,22-20-,23-21-,28-26-,29-27-,34-33-,37-36-,41-40-. The van der Waals surface area contributed by atoms with E-state index in [1.165, 1.54) is 154 Å². The molecule has 0 bridgehead atoms. The number of allylic oxidation sites excluding steroid dienone is 18. The van der Waals surface area contributed by atoms with Gasteiger partial charge in [0, 0.05) is 19.3 Å². The van der Waals surface area contributed by atoms with Gasteiger partial charge in [0.05, 0.1) is 0 Å². The summed E-state index contributed by atoms with van der Waals surface area (Å²) in [5.74, 6) is -0.892. The Morgan fingerprint density at radius 3 is 0.772 bits per heavy atom. The van der Waals surface area contributed by atoms with Crippen molar-refractivity contribution in [3.63, 3.8) is 0 Å². The maximum Gasteiger partial charge on any atom is 0.306 e. The topological polar surface area (TPSA) is 78.9 Å². The molecule has 0 fully saturated rings. The predicted molar refractivity (Wildman–Crippen MR) is 343 cm³/mol. The minimum absolute atomic E-state index is 0.0795. The lowest BCUT2D eigenvalue weighted by Gasteiger charge is -2.18. The van der Waals surface area contributed by atoms with Crippen LogP contribution in [0.4, 0.5) is 0 Å². The molecule has 0 aromatic rings. The Balaban J connectivity index is 4.05. The van der Waals surface area contributed by atoms with E-state index in [4.69, 9.17) is 14.2 Å². The Bertz CT molecular complexity index is 1590. The van der Waals surface area contributed by atoms with Gasteiger partial charge in [-0.3, -0.25) is 14.4 Å². The summed E-state index contributed by atoms with van der Waals surface area (Å²) in [6.07, 6.45) is 91.5. The van der Waals surface area contributed by atoms with E-state index in [1.54, 1.807) is 0 Å². The van der Waals surface area contributed by atoms with Gasteiger partial charge in [-0.1, -0.05) is 297 Å². The van der Waals surface area contributed by atoms with Crippen molar-refractivity contribution >= 4 is 17.9 Å². The van der Waals surface area contributed by atoms with E-state index in [0.29, 0.717) is 19.3 Å². The molecule has 1 atom stereocenters. The van der Waals surface area contributed by atoms with E-state index in [2.05, 4.69) is 130 Å². The van der Waals surface area contributed by atoms with Crippen molar-refractivity contribution in [1.82, 2.24) is 0 Å². The van der Waals surface area contributed by atoms with Crippen LogP contribution in [-0.4, -0.2) is 37.2 Å². The number of esters is 3. The van der Waals surface area contributed by atoms with E-state index in [9.17, 15) is 14.4 Å². The Morgan fingerprint density at radius 1 is 0.266 bits per heavy atom. The van der Waals surface area contributed by atoms with Crippen LogP contribution in [0.1, 0.15) is 316 Å². The maximum atomic E-state index is 12.8. The first-order chi connectivity index (χ1) is 39.0. The highest BCUT2D eigenvalue weighted by molar-refractivity contribution is 5.71. The summed E-state index contributed by atoms with van der Waals surface area (Å²) in [7, 11) is 0. The molecule has 0 radical (unpaired) electrons. The van der Waals surface area contributed by atoms with E-state index in [-0.39, 0.29) is 31.1 Å². The van der Waals surface area contributed by atoms with Crippen molar-refractivity contribution < 1.29 is 28.6 Å². The molecule has 0 aliphatic carbocycles. The van der Waals surface area contributed by atoms with Gasteiger partial charge < -0.3 is 14.2 Å². The zero-order chi connectivity index (χ0) is 57.1. The fourth-order valence-corrected chi connectivity index (χ4v) is 9.28. The minimum Gasteiger partial charge on any atom is -0.462 e. The Kier molecular flexibility index (Phi) is 63.3. The number of ether oxygens (including phenoxy) is 3. The number of carbonyl (C=O) groups excluding carboxylic acids is 3. The highest BCUT2D eigenvalue weighted by Crippen LogP contribution is 2.16. The van der Waals surface area contributed by atoms with Crippen molar-refractivity contribution in [2.24, 2.45) is 0 Å². The monoisotopic (exact) mass is 1100 g/mol. The fraction of sp³-hybridized carbons (Fsp3) is 0.712. The van der Waals surface area contributed by atoms with Crippen LogP contribution in [0.25, 0.3) is 0 Å². The summed E-state index contributed by atoms with van der Waals surface area (Å²) in [5, 5.41) is 0. The first kappa shape index (κ1) is 75.1. The lowest BCUT2D eigenvalue weighted by Crippen LogP contribution is -2.30. The number of carbonyl (C=O) groups is 3. The summed E-state index contributed by atoms with van der Waals surface area (Å²) in [4.78, 5) is 38.0. The second-order valence-corrected chi connectivity index (χ2v) is 22.0. The molecule has 0 aliphatic rings. The van der Waals surface area contributed by atoms with Crippen molar-refractivity contribution in [2.75, 3.05) is 13.2 Å². The highest BCUT2D eigenvalue weighted by Gasteiger charge is 2.19. The molecule has 0 aliphatic heterocycles. The molecule has 452 valence electrons. The minimum atomic E-state index is -0.779. The van der Waals surface area contributed by atoms with E-state index < -0.39 is 6.10 Å². The molecule has 6 nitrogen and oxygen atoms in total. The Morgan fingerprint density at radius 2 is 0.494 bits per heavy atom. The molecule has 0 heterocycles. The van der Waals surface area contributed by atoms with Crippen LogP contribution >= 0.6 is 0 Å². The molecule has 0 N–H and O–H groups in total. The van der Waals surface area contributed by atoms with E-state index >= 15 is 0 Å². The number of hydrogen-bond acceptors (Lipinski definition) is 6. The second-order valence-electron chi connectivity index (χ2n) is 22.0. The van der Waals surface area contributed by atoms with Crippen LogP contribution in [-0.2, 0) is 28.6 Å². The van der Waals surface area contributed by atoms with Gasteiger partial charge in [0.15, 0.2) is 6.10 Å². The third-order valence-electron chi connectivity index (χ3n) is 14.3. The van der Waals surface area contributed by atoms with Crippen LogP contribution in [0.5, 0.6) is 0 Å². The summed E-state index contributed by atoms with van der Waals surface area (Å²) < 4.78 is 16.8. The summed E-state index contributed by atoms with van der Waals surface area (Å²) in [6.45, 7) is 6.45. The largest absolute Gasteiger partial charge is 0.462 e. The van der Waals surface area contributed by atoms with Crippen molar-refractivity contribution in [3.05, 3.63) is 109 Å². The molecule has 0 amide bonds. The molecule has 1 unspecified atom stereocenters. The Hall–Kier alpha value is -3.93. The van der Waals surface area contributed by atoms with Gasteiger partial charge in [-0.15, -0.1) is 0 Å². The third kappa shape index (κ3) is 64.8. The molecule has 0 spiro atoms. The van der Waals surface area contributed by atoms with Gasteiger partial charge in [-0.05, 0) is 109 Å². The van der Waals surface area contributed by atoms with Crippen molar-refractivity contribution in [3.8, 4) is 0 Å². The van der Waals surface area contributed by atoms with Gasteiger partial charge in [-0.2, -0.15) is 0 Å². The molecule has 0 aromatic heterocycles. The van der Waals surface area contributed by atoms with Gasteiger partial charge in [0.2, 0.25) is 0 Å². The first-order valence-electron chi connectivity index (χ1n) is 33.4. The number of unbranched alkanes of at least 4 members (excludes halogenated alkanes) is 31. The van der Waals surface area contributed by atoms with Gasteiger partial charge >= 0.3 is 17.9 Å². The van der Waals surface area contributed by atoms with Gasteiger partial charge in [0.1, 0.15) is 13.2 Å². The maximum absolute atomic E-state index is 12.8. The average Bonchev–Trinajstić information content (AvgIpc) is 3.45. The quantitative estimate of drug-likeness (QED) is 0.0261.